The van der Waals surface area contributed by atoms with Gasteiger partial charge in [-0.1, -0.05) is 25.7 Å². The molecule has 0 saturated heterocycles. The van der Waals surface area contributed by atoms with Crippen molar-refractivity contribution in [3.8, 4) is 23.7 Å². The fourth-order valence-corrected chi connectivity index (χ4v) is 1.86. The predicted octanol–water partition coefficient (Wildman–Crippen LogP) is 4.49. The van der Waals surface area contributed by atoms with E-state index in [1.807, 2.05) is 13.8 Å². The third-order valence-electron chi connectivity index (χ3n) is 3.05. The Hall–Kier alpha value is -2.60. The number of benzene rings is 1. The lowest BCUT2D eigenvalue weighted by Crippen LogP contribution is -2.05. The molecule has 0 unspecified atom stereocenters. The zero-order valence-corrected chi connectivity index (χ0v) is 13.2. The molecule has 0 aliphatic heterocycles. The number of halogens is 4. The number of aromatic nitrogens is 2. The second kappa shape index (κ2) is 7.79. The fourth-order valence-electron chi connectivity index (χ4n) is 1.86. The van der Waals surface area contributed by atoms with Crippen LogP contribution in [0.3, 0.4) is 0 Å². The number of hydrogen-bond acceptors (Lipinski definition) is 2. The molecular formula is C18H14F4N2. The molecule has 0 bridgehead atoms. The first-order valence-electron chi connectivity index (χ1n) is 7.52. The molecule has 0 N–H and O–H groups in total. The SMILES string of the molecule is CCCC#Cc1nc2c(F)c(F)c(F)c(F)c2nc1C#CCCC. The number of nitrogens with zero attached hydrogens (tertiary/aromatic N) is 2. The van der Waals surface area contributed by atoms with Crippen LogP contribution in [0, 0.1) is 47.0 Å². The summed E-state index contributed by atoms with van der Waals surface area (Å²) in [6.07, 6.45) is 2.73. The molecule has 2 rings (SSSR count). The number of rotatable bonds is 2. The van der Waals surface area contributed by atoms with E-state index in [9.17, 15) is 17.6 Å². The summed E-state index contributed by atoms with van der Waals surface area (Å²) in [4.78, 5) is 7.66. The van der Waals surface area contributed by atoms with Crippen molar-refractivity contribution >= 4 is 11.0 Å². The van der Waals surface area contributed by atoms with E-state index in [2.05, 4.69) is 33.6 Å². The van der Waals surface area contributed by atoms with Gasteiger partial charge < -0.3 is 0 Å². The molecule has 6 heteroatoms. The van der Waals surface area contributed by atoms with Crippen LogP contribution in [0.2, 0.25) is 0 Å². The van der Waals surface area contributed by atoms with Crippen LogP contribution in [-0.4, -0.2) is 9.97 Å². The molecule has 1 aromatic heterocycles. The number of unbranched alkanes of at least 4 members (excludes halogenated alkanes) is 2. The van der Waals surface area contributed by atoms with Crippen molar-refractivity contribution in [1.29, 1.82) is 0 Å². The number of fused-ring (bicyclic) bond motifs is 1. The third-order valence-corrected chi connectivity index (χ3v) is 3.05. The Morgan fingerprint density at radius 1 is 0.667 bits per heavy atom. The Labute approximate surface area is 137 Å². The molecule has 0 aliphatic rings. The van der Waals surface area contributed by atoms with Gasteiger partial charge in [0.15, 0.2) is 23.3 Å². The first kappa shape index (κ1) is 17.7. The van der Waals surface area contributed by atoms with E-state index in [1.54, 1.807) is 0 Å². The molecule has 0 fully saturated rings. The first-order valence-corrected chi connectivity index (χ1v) is 7.52. The molecule has 0 spiro atoms. The predicted molar refractivity (Wildman–Crippen MR) is 82.9 cm³/mol. The molecular weight excluding hydrogens is 320 g/mol. The van der Waals surface area contributed by atoms with Crippen LogP contribution in [-0.2, 0) is 0 Å². The summed E-state index contributed by atoms with van der Waals surface area (Å²) in [6, 6.07) is 0. The molecule has 1 aromatic carbocycles. The normalized spacial score (nSPS) is 10.1. The van der Waals surface area contributed by atoms with Crippen molar-refractivity contribution in [3.63, 3.8) is 0 Å². The van der Waals surface area contributed by atoms with Crippen LogP contribution in [0.15, 0.2) is 0 Å². The van der Waals surface area contributed by atoms with E-state index < -0.39 is 34.3 Å². The van der Waals surface area contributed by atoms with Crippen molar-refractivity contribution in [2.24, 2.45) is 0 Å². The summed E-state index contributed by atoms with van der Waals surface area (Å²) in [5.41, 5.74) is -1.37. The fraction of sp³-hybridized carbons (Fsp3) is 0.333. The molecule has 0 saturated carbocycles. The van der Waals surface area contributed by atoms with Crippen molar-refractivity contribution in [2.45, 2.75) is 39.5 Å². The molecule has 2 nitrogen and oxygen atoms in total. The summed E-state index contributed by atoms with van der Waals surface area (Å²) in [7, 11) is 0. The van der Waals surface area contributed by atoms with Gasteiger partial charge in [0.1, 0.15) is 22.4 Å². The van der Waals surface area contributed by atoms with Gasteiger partial charge in [-0.15, -0.1) is 0 Å². The Kier molecular flexibility index (Phi) is 5.76. The Morgan fingerprint density at radius 2 is 1.04 bits per heavy atom. The minimum atomic E-state index is -1.92. The third kappa shape index (κ3) is 3.49. The van der Waals surface area contributed by atoms with Gasteiger partial charge in [0.2, 0.25) is 0 Å². The monoisotopic (exact) mass is 334 g/mol. The topological polar surface area (TPSA) is 25.8 Å². The molecule has 0 aliphatic carbocycles. The van der Waals surface area contributed by atoms with Crippen LogP contribution in [0.5, 0.6) is 0 Å². The molecule has 24 heavy (non-hydrogen) atoms. The zero-order chi connectivity index (χ0) is 17.7. The van der Waals surface area contributed by atoms with Crippen LogP contribution in [0.25, 0.3) is 11.0 Å². The van der Waals surface area contributed by atoms with Crippen LogP contribution in [0.4, 0.5) is 17.6 Å². The quantitative estimate of drug-likeness (QED) is 0.350. The maximum absolute atomic E-state index is 13.9. The maximum Gasteiger partial charge on any atom is 0.199 e. The summed E-state index contributed by atoms with van der Waals surface area (Å²) in [5.74, 6) is 3.93. The lowest BCUT2D eigenvalue weighted by atomic mass is 10.2. The Bertz CT molecular complexity index is 824. The van der Waals surface area contributed by atoms with E-state index >= 15 is 0 Å². The highest BCUT2D eigenvalue weighted by molar-refractivity contribution is 5.77. The minimum Gasteiger partial charge on any atom is -0.231 e. The Balaban J connectivity index is 2.76. The van der Waals surface area contributed by atoms with Crippen LogP contribution >= 0.6 is 0 Å². The summed E-state index contributed by atoms with van der Waals surface area (Å²) >= 11 is 0. The highest BCUT2D eigenvalue weighted by Crippen LogP contribution is 2.25. The smallest absolute Gasteiger partial charge is 0.199 e. The van der Waals surface area contributed by atoms with E-state index in [-0.39, 0.29) is 11.4 Å². The maximum atomic E-state index is 13.9. The summed E-state index contributed by atoms with van der Waals surface area (Å²) < 4.78 is 54.5. The highest BCUT2D eigenvalue weighted by atomic mass is 19.2. The Morgan fingerprint density at radius 3 is 1.38 bits per heavy atom. The summed E-state index contributed by atoms with van der Waals surface area (Å²) in [5, 5.41) is 0. The van der Waals surface area contributed by atoms with Crippen molar-refractivity contribution in [2.75, 3.05) is 0 Å². The molecule has 0 amide bonds. The molecule has 0 radical (unpaired) electrons. The second-order valence-corrected chi connectivity index (χ2v) is 4.98. The molecule has 0 atom stereocenters. The number of hydrogen-bond donors (Lipinski definition) is 0. The van der Waals surface area contributed by atoms with Crippen molar-refractivity contribution in [3.05, 3.63) is 34.7 Å². The van der Waals surface area contributed by atoms with Gasteiger partial charge in [-0.2, -0.15) is 0 Å². The van der Waals surface area contributed by atoms with Gasteiger partial charge in [0.25, 0.3) is 0 Å². The highest BCUT2D eigenvalue weighted by Gasteiger charge is 2.23. The van der Waals surface area contributed by atoms with Crippen molar-refractivity contribution in [1.82, 2.24) is 9.97 Å². The lowest BCUT2D eigenvalue weighted by molar-refractivity contribution is 0.416. The van der Waals surface area contributed by atoms with Gasteiger partial charge >= 0.3 is 0 Å². The van der Waals surface area contributed by atoms with E-state index in [0.717, 1.165) is 12.8 Å². The van der Waals surface area contributed by atoms with Gasteiger partial charge in [-0.3, -0.25) is 0 Å². The largest absolute Gasteiger partial charge is 0.231 e. The van der Waals surface area contributed by atoms with E-state index in [0.29, 0.717) is 12.8 Å². The standard InChI is InChI=1S/C18H14F4N2/c1-3-5-7-9-11-12(10-8-6-4-2)24-18-16(22)14(20)13(19)15(21)17(18)23-11/h3-6H2,1-2H3. The van der Waals surface area contributed by atoms with Gasteiger partial charge in [-0.25, -0.2) is 27.5 Å². The molecule has 124 valence electrons. The average molecular weight is 334 g/mol. The minimum absolute atomic E-state index is 0.0175. The van der Waals surface area contributed by atoms with Crippen LogP contribution in [0.1, 0.15) is 50.9 Å². The van der Waals surface area contributed by atoms with E-state index in [1.165, 1.54) is 0 Å². The van der Waals surface area contributed by atoms with Gasteiger partial charge in [0, 0.05) is 12.8 Å². The molecule has 1 heterocycles. The van der Waals surface area contributed by atoms with Gasteiger partial charge in [0.05, 0.1) is 0 Å². The van der Waals surface area contributed by atoms with Crippen LogP contribution < -0.4 is 0 Å². The average Bonchev–Trinajstić information content (AvgIpc) is 2.59. The zero-order valence-electron chi connectivity index (χ0n) is 13.2. The van der Waals surface area contributed by atoms with E-state index in [4.69, 9.17) is 0 Å². The van der Waals surface area contributed by atoms with Gasteiger partial charge in [-0.05, 0) is 24.7 Å². The summed E-state index contributed by atoms with van der Waals surface area (Å²) in [6.45, 7) is 3.85. The first-order chi connectivity index (χ1) is 11.5. The molecule has 2 aromatic rings. The lowest BCUT2D eigenvalue weighted by Gasteiger charge is -2.05. The van der Waals surface area contributed by atoms with Crippen molar-refractivity contribution < 1.29 is 17.6 Å². The second-order valence-electron chi connectivity index (χ2n) is 4.98.